The Morgan fingerprint density at radius 1 is 0.867 bits per heavy atom. The minimum Gasteiger partial charge on any atom is -0.453 e. The highest BCUT2D eigenvalue weighted by molar-refractivity contribution is 5.91. The number of amides is 3. The molecule has 1 aliphatic heterocycles. The van der Waals surface area contributed by atoms with E-state index in [1.165, 1.54) is 7.11 Å². The summed E-state index contributed by atoms with van der Waals surface area (Å²) in [6.07, 6.45) is 4.59. The number of nitriles is 1. The number of methoxy groups -OCH3 is 1. The molecule has 3 amide bonds. The van der Waals surface area contributed by atoms with E-state index in [9.17, 15) is 19.6 Å². The molecule has 0 bridgehead atoms. The summed E-state index contributed by atoms with van der Waals surface area (Å²) in [5.41, 5.74) is 6.63. The molecule has 3 N–H and O–H groups in total. The first kappa shape index (κ1) is 41.4. The van der Waals surface area contributed by atoms with Crippen molar-refractivity contribution in [1.82, 2.24) is 40.0 Å². The molecule has 1 fully saturated rings. The van der Waals surface area contributed by atoms with Gasteiger partial charge in [-0.15, -0.1) is 0 Å². The van der Waals surface area contributed by atoms with Crippen LogP contribution in [0.15, 0.2) is 103 Å². The van der Waals surface area contributed by atoms with Crippen molar-refractivity contribution in [2.24, 2.45) is 5.92 Å². The number of aromatic nitrogens is 4. The van der Waals surface area contributed by atoms with Gasteiger partial charge in [-0.25, -0.2) is 14.8 Å². The highest BCUT2D eigenvalue weighted by Gasteiger charge is 2.37. The highest BCUT2D eigenvalue weighted by Crippen LogP contribution is 2.34. The zero-order valence-corrected chi connectivity index (χ0v) is 34.8. The quantitative estimate of drug-likeness (QED) is 0.0988. The number of likely N-dealkylation sites (N-methyl/N-ethyl adjacent to an activating group) is 1. The number of alkyl carbamates (subject to hydrolysis) is 1. The molecule has 6 aromatic rings. The number of hydrogen-bond donors (Lipinski definition) is 3. The average Bonchev–Trinajstić information content (AvgIpc) is 4.06. The lowest BCUT2D eigenvalue weighted by atomic mass is 9.98. The van der Waals surface area contributed by atoms with Crippen molar-refractivity contribution in [2.75, 3.05) is 34.3 Å². The Bertz CT molecular complexity index is 2500. The molecule has 2 aromatic heterocycles. The number of ether oxygens (including phenoxy) is 1. The van der Waals surface area contributed by atoms with E-state index in [-0.39, 0.29) is 30.3 Å². The molecular weight excluding hydrogens is 755 g/mol. The van der Waals surface area contributed by atoms with Crippen LogP contribution >= 0.6 is 0 Å². The van der Waals surface area contributed by atoms with Gasteiger partial charge in [-0.2, -0.15) is 5.26 Å². The van der Waals surface area contributed by atoms with Crippen LogP contribution < -0.4 is 5.32 Å². The molecule has 0 unspecified atom stereocenters. The maximum atomic E-state index is 13.9. The second kappa shape index (κ2) is 18.0. The fourth-order valence-corrected chi connectivity index (χ4v) is 8.06. The lowest BCUT2D eigenvalue weighted by Gasteiger charge is -2.32. The predicted octanol–water partition coefficient (Wildman–Crippen LogP) is 8.05. The molecule has 0 saturated carbocycles. The summed E-state index contributed by atoms with van der Waals surface area (Å²) >= 11 is 0. The number of carbonyl (C=O) groups is 3. The Balaban J connectivity index is 1.04. The number of imidazole rings is 2. The molecule has 1 aliphatic rings. The summed E-state index contributed by atoms with van der Waals surface area (Å²) < 4.78 is 4.77. The number of nitrogens with zero attached hydrogens (tertiary/aromatic N) is 6. The third-order valence-electron chi connectivity index (χ3n) is 11.4. The standard InChI is InChI=1S/C47H51N9O4/c1-29(2)41(53-47(59)60-6)45(57)56-23-10-13-40(56)44-50-27-38(52-44)32-16-14-31(15-17-32)34-18-19-36-26-37(21-20-35(36)25-34)39-28-49-43(51-39)30(3)55(24-22-48)46(58)42(54(4)5)33-11-8-7-9-12-33/h7-9,11-12,14-21,25-30,40-42H,10,13,23-24H2,1-6H3,(H,49,51)(H,50,52)(H,53,59)/t30-,40-,41-,42+/m0/s1. The van der Waals surface area contributed by atoms with Crippen molar-refractivity contribution in [3.05, 3.63) is 121 Å². The number of aromatic amines is 2. The molecule has 0 aliphatic carbocycles. The number of fused-ring (bicyclic) bond motifs is 1. The summed E-state index contributed by atoms with van der Waals surface area (Å²) in [7, 11) is 5.02. The Morgan fingerprint density at radius 3 is 2.17 bits per heavy atom. The van der Waals surface area contributed by atoms with Crippen LogP contribution in [-0.2, 0) is 14.3 Å². The lowest BCUT2D eigenvalue weighted by Crippen LogP contribution is -2.51. The Kier molecular flexibility index (Phi) is 12.4. The lowest BCUT2D eigenvalue weighted by molar-refractivity contribution is -0.138. The van der Waals surface area contributed by atoms with E-state index in [2.05, 4.69) is 92.0 Å². The van der Waals surface area contributed by atoms with E-state index in [0.717, 1.165) is 68.6 Å². The summed E-state index contributed by atoms with van der Waals surface area (Å²) in [6, 6.07) is 30.8. The average molecular weight is 806 g/mol. The molecule has 13 heteroatoms. The van der Waals surface area contributed by atoms with Crippen LogP contribution in [0, 0.1) is 17.2 Å². The number of carbonyl (C=O) groups excluding carboxylic acids is 3. The van der Waals surface area contributed by atoms with Crippen LogP contribution in [0.1, 0.15) is 69.0 Å². The topological polar surface area (TPSA) is 163 Å². The fourth-order valence-electron chi connectivity index (χ4n) is 8.06. The van der Waals surface area contributed by atoms with Gasteiger partial charge in [0, 0.05) is 12.1 Å². The van der Waals surface area contributed by atoms with Gasteiger partial charge in [0.25, 0.3) is 0 Å². The summed E-state index contributed by atoms with van der Waals surface area (Å²) in [5.74, 6) is 0.913. The third kappa shape index (κ3) is 8.65. The predicted molar refractivity (Wildman–Crippen MR) is 231 cm³/mol. The minimum absolute atomic E-state index is 0.0696. The molecule has 13 nitrogen and oxygen atoms in total. The van der Waals surface area contributed by atoms with Crippen LogP contribution in [0.25, 0.3) is 44.4 Å². The largest absolute Gasteiger partial charge is 0.453 e. The van der Waals surface area contributed by atoms with E-state index in [4.69, 9.17) is 4.74 Å². The van der Waals surface area contributed by atoms with Gasteiger partial charge in [-0.05, 0) is 84.9 Å². The number of hydrogen-bond acceptors (Lipinski definition) is 8. The van der Waals surface area contributed by atoms with Gasteiger partial charge in [0.2, 0.25) is 11.8 Å². The zero-order valence-electron chi connectivity index (χ0n) is 34.8. The summed E-state index contributed by atoms with van der Waals surface area (Å²) in [6.45, 7) is 6.22. The number of H-pyrrole nitrogens is 2. The van der Waals surface area contributed by atoms with Crippen LogP contribution in [-0.4, -0.2) is 92.9 Å². The van der Waals surface area contributed by atoms with Gasteiger partial charge in [0.1, 0.15) is 30.3 Å². The van der Waals surface area contributed by atoms with Crippen LogP contribution in [0.4, 0.5) is 4.79 Å². The second-order valence-electron chi connectivity index (χ2n) is 15.8. The first-order valence-corrected chi connectivity index (χ1v) is 20.3. The SMILES string of the molecule is COC(=O)N[C@H](C(=O)N1CCC[C@H]1c1ncc(-c2ccc(-c3ccc4cc(-c5cnc([C@H](C)N(CC#N)C(=O)[C@@H](c6ccccc6)N(C)C)[nH]5)ccc4c3)cc2)[nH]1)C(C)C. The third-order valence-corrected chi connectivity index (χ3v) is 11.4. The van der Waals surface area contributed by atoms with Crippen molar-refractivity contribution in [2.45, 2.75) is 57.8 Å². The number of nitrogens with one attached hydrogen (secondary N) is 3. The van der Waals surface area contributed by atoms with Crippen molar-refractivity contribution >= 4 is 28.7 Å². The van der Waals surface area contributed by atoms with Gasteiger partial charge >= 0.3 is 6.09 Å². The maximum Gasteiger partial charge on any atom is 0.407 e. The van der Waals surface area contributed by atoms with Crippen molar-refractivity contribution in [3.63, 3.8) is 0 Å². The highest BCUT2D eigenvalue weighted by atomic mass is 16.5. The smallest absolute Gasteiger partial charge is 0.407 e. The van der Waals surface area contributed by atoms with Crippen LogP contribution in [0.2, 0.25) is 0 Å². The molecule has 4 atom stereocenters. The van der Waals surface area contributed by atoms with E-state index in [0.29, 0.717) is 12.4 Å². The Hall–Kier alpha value is -6.78. The molecule has 7 rings (SSSR count). The van der Waals surface area contributed by atoms with Crippen LogP contribution in [0.3, 0.4) is 0 Å². The number of rotatable bonds is 13. The molecule has 308 valence electrons. The van der Waals surface area contributed by atoms with E-state index < -0.39 is 24.2 Å². The first-order chi connectivity index (χ1) is 29.0. The summed E-state index contributed by atoms with van der Waals surface area (Å²) in [4.78, 5) is 61.0. The van der Waals surface area contributed by atoms with E-state index in [1.54, 1.807) is 11.1 Å². The summed E-state index contributed by atoms with van der Waals surface area (Å²) in [5, 5.41) is 14.6. The number of likely N-dealkylation sites (tertiary alicyclic amines) is 1. The zero-order chi connectivity index (χ0) is 42.5. The molecule has 4 aromatic carbocycles. The Morgan fingerprint density at radius 2 is 1.50 bits per heavy atom. The Labute approximate surface area is 350 Å². The monoisotopic (exact) mass is 805 g/mol. The van der Waals surface area contributed by atoms with Gasteiger partial charge in [-0.3, -0.25) is 14.5 Å². The second-order valence-corrected chi connectivity index (χ2v) is 15.8. The van der Waals surface area contributed by atoms with Crippen LogP contribution in [0.5, 0.6) is 0 Å². The fraction of sp³-hybridized carbons (Fsp3) is 0.319. The van der Waals surface area contributed by atoms with Crippen molar-refractivity contribution in [1.29, 1.82) is 5.26 Å². The van der Waals surface area contributed by atoms with Crippen molar-refractivity contribution in [3.8, 4) is 39.7 Å². The van der Waals surface area contributed by atoms with Gasteiger partial charge < -0.3 is 29.8 Å². The molecule has 0 radical (unpaired) electrons. The molecule has 60 heavy (non-hydrogen) atoms. The van der Waals surface area contributed by atoms with E-state index >= 15 is 0 Å². The molecule has 0 spiro atoms. The van der Waals surface area contributed by atoms with Gasteiger partial charge in [0.15, 0.2) is 0 Å². The molecule has 3 heterocycles. The normalized spacial score (nSPS) is 15.4. The van der Waals surface area contributed by atoms with Gasteiger partial charge in [-0.1, -0.05) is 92.7 Å². The number of benzene rings is 4. The first-order valence-electron chi connectivity index (χ1n) is 20.3. The minimum atomic E-state index is -0.689. The van der Waals surface area contributed by atoms with Gasteiger partial charge in [0.05, 0.1) is 49.0 Å². The molecular formula is C47H51N9O4. The maximum absolute atomic E-state index is 13.9. The van der Waals surface area contributed by atoms with Crippen molar-refractivity contribution < 1.29 is 19.1 Å². The molecule has 1 saturated heterocycles. The van der Waals surface area contributed by atoms with E-state index in [1.807, 2.05) is 81.2 Å².